The Morgan fingerprint density at radius 1 is 0.352 bits per heavy atom. The Morgan fingerprint density at radius 3 is 1.63 bits per heavy atom. The summed E-state index contributed by atoms with van der Waals surface area (Å²) >= 11 is 0. The van der Waals surface area contributed by atoms with Crippen molar-refractivity contribution in [3.8, 4) is 33.4 Å². The Morgan fingerprint density at radius 2 is 0.907 bits per heavy atom. The number of rotatable bonds is 6. The quantitative estimate of drug-likeness (QED) is 0.163. The van der Waals surface area contributed by atoms with Crippen molar-refractivity contribution < 1.29 is 13.4 Å². The van der Waals surface area contributed by atoms with Crippen molar-refractivity contribution in [3.05, 3.63) is 199 Å². The first kappa shape index (κ1) is 30.3. The average Bonchev–Trinajstić information content (AvgIpc) is 3.80. The second kappa shape index (κ2) is 12.1. The molecule has 4 heteroatoms. The fraction of sp³-hybridized carbons (Fsp3) is 0. The molecule has 2 aromatic heterocycles. The molecule has 8 aromatic carbocycles. The van der Waals surface area contributed by atoms with Crippen LogP contribution in [0, 0.1) is 0 Å². The Bertz CT molecular complexity index is 3110. The van der Waals surface area contributed by atoms with Gasteiger partial charge in [-0.3, -0.25) is 0 Å². The Kier molecular flexibility index (Phi) is 6.82. The van der Waals surface area contributed by atoms with Gasteiger partial charge in [0.05, 0.1) is 11.1 Å². The molecule has 3 heterocycles. The first-order valence-electron chi connectivity index (χ1n) is 18.2. The van der Waals surface area contributed by atoms with E-state index in [4.69, 9.17) is 13.8 Å². The highest BCUT2D eigenvalue weighted by atomic mass is 16.3. The van der Waals surface area contributed by atoms with Gasteiger partial charge in [-0.1, -0.05) is 138 Å². The molecule has 11 rings (SSSR count). The highest BCUT2D eigenvalue weighted by molar-refractivity contribution is 6.22. The third-order valence-electron chi connectivity index (χ3n) is 10.6. The number of hydrogen-bond donors (Lipinski definition) is 0. The summed E-state index contributed by atoms with van der Waals surface area (Å²) in [5.41, 5.74) is 13.4. The summed E-state index contributed by atoms with van der Waals surface area (Å²) in [7, 11) is 0. The smallest absolute Gasteiger partial charge is 0.283 e. The van der Waals surface area contributed by atoms with Crippen molar-refractivity contribution in [1.29, 1.82) is 0 Å². The van der Waals surface area contributed by atoms with E-state index >= 15 is 0 Å². The molecule has 1 aliphatic rings. The molecule has 0 saturated heterocycles. The summed E-state index contributed by atoms with van der Waals surface area (Å²) in [4.78, 5) is 5.22. The molecule has 0 bridgehead atoms. The maximum atomic E-state index is 6.50. The summed E-state index contributed by atoms with van der Waals surface area (Å²) in [5, 5.41) is 4.34. The SMILES string of the molecule is c1ccc(-c2ccc(-c3ccc(C4=NC(c5cccc6c5oc5ccccc56)=[N+]4c4ccc5c(c4)oc4ccc(-c6ccccc6)cc45)cc3)cc2)cc1. The second-order valence-corrected chi connectivity index (χ2v) is 13.8. The van der Waals surface area contributed by atoms with Crippen molar-refractivity contribution in [3.63, 3.8) is 0 Å². The lowest BCUT2D eigenvalue weighted by Gasteiger charge is -2.19. The van der Waals surface area contributed by atoms with Crippen LogP contribution in [0.2, 0.25) is 0 Å². The number of nitrogens with zero attached hydrogens (tertiary/aromatic N) is 2. The lowest BCUT2D eigenvalue weighted by molar-refractivity contribution is -0.319. The van der Waals surface area contributed by atoms with Gasteiger partial charge < -0.3 is 8.83 Å². The third kappa shape index (κ3) is 4.92. The molecule has 54 heavy (non-hydrogen) atoms. The third-order valence-corrected chi connectivity index (χ3v) is 10.6. The largest absolute Gasteiger partial charge is 0.456 e. The van der Waals surface area contributed by atoms with Crippen molar-refractivity contribution >= 4 is 61.2 Å². The van der Waals surface area contributed by atoms with E-state index in [-0.39, 0.29) is 0 Å². The molecule has 0 spiro atoms. The van der Waals surface area contributed by atoms with Crippen LogP contribution in [0.3, 0.4) is 0 Å². The van der Waals surface area contributed by atoms with Crippen LogP contribution in [0.4, 0.5) is 5.69 Å². The molecule has 1 aliphatic heterocycles. The molecule has 10 aromatic rings. The normalized spacial score (nSPS) is 12.9. The standard InChI is InChI=1S/C50H31N2O2/c1-3-10-32(11-4-1)34-18-20-35(21-19-34)36-22-24-37(25-23-36)49-51-50(43-16-9-15-42-40-14-7-8-17-45(40)54-48(42)43)52(49)39-27-28-41-44-30-38(33-12-5-2-6-13-33)26-29-46(44)53-47(41)31-39/h1-31H/q+1. The highest BCUT2D eigenvalue weighted by Gasteiger charge is 2.35. The minimum Gasteiger partial charge on any atom is -0.456 e. The lowest BCUT2D eigenvalue weighted by atomic mass is 9.99. The summed E-state index contributed by atoms with van der Waals surface area (Å²) in [6, 6.07) is 65.8. The number of furan rings is 2. The molecule has 0 aliphatic carbocycles. The van der Waals surface area contributed by atoms with Gasteiger partial charge >= 0.3 is 0 Å². The molecule has 0 atom stereocenters. The molecular formula is C50H31N2O2+. The van der Waals surface area contributed by atoms with E-state index in [1.165, 1.54) is 22.3 Å². The van der Waals surface area contributed by atoms with Crippen LogP contribution in [0.15, 0.2) is 202 Å². The maximum absolute atomic E-state index is 6.50. The molecule has 0 fully saturated rings. The first-order chi connectivity index (χ1) is 26.7. The van der Waals surface area contributed by atoms with Gasteiger partial charge in [-0.15, -0.1) is 0 Å². The lowest BCUT2D eigenvalue weighted by Crippen LogP contribution is -2.34. The van der Waals surface area contributed by atoms with Crippen LogP contribution >= 0.6 is 0 Å². The van der Waals surface area contributed by atoms with Crippen LogP contribution in [0.5, 0.6) is 0 Å². The fourth-order valence-electron chi connectivity index (χ4n) is 7.81. The van der Waals surface area contributed by atoms with Crippen molar-refractivity contribution in [2.24, 2.45) is 4.99 Å². The van der Waals surface area contributed by atoms with Crippen LogP contribution < -0.4 is 0 Å². The van der Waals surface area contributed by atoms with E-state index in [2.05, 4.69) is 168 Å². The zero-order chi connectivity index (χ0) is 35.6. The fourth-order valence-corrected chi connectivity index (χ4v) is 7.81. The summed E-state index contributed by atoms with van der Waals surface area (Å²) < 4.78 is 15.2. The molecule has 0 saturated carbocycles. The predicted molar refractivity (Wildman–Crippen MR) is 221 cm³/mol. The number of amidine groups is 2. The number of benzene rings is 8. The minimum atomic E-state index is 0.828. The molecule has 0 radical (unpaired) electrons. The zero-order valence-corrected chi connectivity index (χ0v) is 29.1. The zero-order valence-electron chi connectivity index (χ0n) is 29.1. The number of fused-ring (bicyclic) bond motifs is 6. The van der Waals surface area contributed by atoms with Gasteiger partial charge in [0.1, 0.15) is 28.0 Å². The van der Waals surface area contributed by atoms with E-state index in [0.29, 0.717) is 0 Å². The summed E-state index contributed by atoms with van der Waals surface area (Å²) in [5.74, 6) is 1.70. The number of hydrogen-bond acceptors (Lipinski definition) is 3. The van der Waals surface area contributed by atoms with Gasteiger partial charge in [-0.25, -0.2) is 0 Å². The molecule has 4 nitrogen and oxygen atoms in total. The first-order valence-corrected chi connectivity index (χ1v) is 18.2. The second-order valence-electron chi connectivity index (χ2n) is 13.8. The maximum Gasteiger partial charge on any atom is 0.283 e. The Labute approximate surface area is 311 Å². The molecule has 0 amide bonds. The van der Waals surface area contributed by atoms with Gasteiger partial charge in [0.15, 0.2) is 0 Å². The van der Waals surface area contributed by atoms with E-state index < -0.39 is 0 Å². The van der Waals surface area contributed by atoms with Gasteiger partial charge in [0, 0.05) is 27.6 Å². The van der Waals surface area contributed by atoms with Crippen LogP contribution in [0.25, 0.3) is 77.3 Å². The number of aliphatic imine (C=N–C) groups is 1. The Hall–Kier alpha value is -7.30. The van der Waals surface area contributed by atoms with Crippen LogP contribution in [-0.2, 0) is 0 Å². The topological polar surface area (TPSA) is 41.6 Å². The molecule has 252 valence electrons. The highest BCUT2D eigenvalue weighted by Crippen LogP contribution is 2.38. The van der Waals surface area contributed by atoms with Gasteiger partial charge in [-0.2, -0.15) is 4.58 Å². The van der Waals surface area contributed by atoms with Gasteiger partial charge in [-0.05, 0) is 81.9 Å². The van der Waals surface area contributed by atoms with Gasteiger partial charge in [0.2, 0.25) is 0 Å². The molecule has 0 unspecified atom stereocenters. The molecular weight excluding hydrogens is 661 g/mol. The van der Waals surface area contributed by atoms with E-state index in [1.807, 2.05) is 24.3 Å². The molecule has 0 N–H and O–H groups in total. The monoisotopic (exact) mass is 691 g/mol. The van der Waals surface area contributed by atoms with Crippen molar-refractivity contribution in [2.75, 3.05) is 0 Å². The average molecular weight is 692 g/mol. The van der Waals surface area contributed by atoms with Crippen LogP contribution in [-0.4, -0.2) is 16.2 Å². The minimum absolute atomic E-state index is 0.828. The van der Waals surface area contributed by atoms with E-state index in [9.17, 15) is 0 Å². The Balaban J connectivity index is 1.01. The van der Waals surface area contributed by atoms with Crippen LogP contribution in [0.1, 0.15) is 11.1 Å². The van der Waals surface area contributed by atoms with E-state index in [1.54, 1.807) is 0 Å². The van der Waals surface area contributed by atoms with Gasteiger partial charge in [0.25, 0.3) is 11.7 Å². The predicted octanol–water partition coefficient (Wildman–Crippen LogP) is 13.0. The summed E-state index contributed by atoms with van der Waals surface area (Å²) in [6.45, 7) is 0. The van der Waals surface area contributed by atoms with E-state index in [0.717, 1.165) is 83.5 Å². The number of para-hydroxylation sites is 2. The summed E-state index contributed by atoms with van der Waals surface area (Å²) in [6.07, 6.45) is 0. The van der Waals surface area contributed by atoms with Crippen molar-refractivity contribution in [2.45, 2.75) is 0 Å². The van der Waals surface area contributed by atoms with Crippen molar-refractivity contribution in [1.82, 2.24) is 0 Å².